The van der Waals surface area contributed by atoms with Gasteiger partial charge in [-0.15, -0.1) is 0 Å². The number of hydrogen-bond donors (Lipinski definition) is 0. The summed E-state index contributed by atoms with van der Waals surface area (Å²) in [6, 6.07) is 6.24. The molecular weight excluding hydrogens is 253 g/mol. The summed E-state index contributed by atoms with van der Waals surface area (Å²) in [5, 5.41) is 0. The minimum absolute atomic E-state index is 0.214. The first-order valence-corrected chi connectivity index (χ1v) is 7.53. The maximum Gasteiger partial charge on any atom is 0.156 e. The molecule has 1 heterocycles. The Bertz CT molecular complexity index is 445. The molecule has 0 atom stereocenters. The van der Waals surface area contributed by atoms with Gasteiger partial charge in [-0.3, -0.25) is 9.69 Å². The Labute approximate surface area is 121 Å². The molecule has 0 amide bonds. The molecule has 1 aliphatic rings. The van der Waals surface area contributed by atoms with Crippen molar-refractivity contribution in [3.63, 3.8) is 0 Å². The smallest absolute Gasteiger partial charge is 0.156 e. The average Bonchev–Trinajstić information content (AvgIpc) is 2.70. The topological polar surface area (TPSA) is 20.3 Å². The predicted octanol–water partition coefficient (Wildman–Crippen LogP) is 3.59. The molecule has 20 heavy (non-hydrogen) atoms. The van der Waals surface area contributed by atoms with Crippen LogP contribution in [0.5, 0.6) is 0 Å². The molecule has 0 bridgehead atoms. The first-order valence-electron chi connectivity index (χ1n) is 7.53. The van der Waals surface area contributed by atoms with Gasteiger partial charge in [-0.2, -0.15) is 0 Å². The van der Waals surface area contributed by atoms with Crippen molar-refractivity contribution in [3.05, 3.63) is 35.6 Å². The Kier molecular flexibility index (Phi) is 4.92. The van der Waals surface area contributed by atoms with Gasteiger partial charge in [0, 0.05) is 6.42 Å². The Morgan fingerprint density at radius 2 is 1.65 bits per heavy atom. The zero-order valence-electron chi connectivity index (χ0n) is 12.5. The van der Waals surface area contributed by atoms with Crippen LogP contribution >= 0.6 is 0 Å². The fourth-order valence-electron chi connectivity index (χ4n) is 2.81. The van der Waals surface area contributed by atoms with E-state index in [9.17, 15) is 9.18 Å². The Balaban J connectivity index is 2.03. The number of benzene rings is 1. The standard InChI is InChI=1S/C17H24FNO/c1-17(2,19-11-5-3-4-6-12-19)16(20)13-14-7-9-15(18)10-8-14/h7-10H,3-6,11-13H2,1-2H3. The van der Waals surface area contributed by atoms with Gasteiger partial charge < -0.3 is 0 Å². The van der Waals surface area contributed by atoms with Gasteiger partial charge in [0.15, 0.2) is 5.78 Å². The van der Waals surface area contributed by atoms with Crippen LogP contribution in [-0.4, -0.2) is 29.3 Å². The fraction of sp³-hybridized carbons (Fsp3) is 0.588. The summed E-state index contributed by atoms with van der Waals surface area (Å²) in [7, 11) is 0. The van der Waals surface area contributed by atoms with Crippen molar-refractivity contribution in [3.8, 4) is 0 Å². The summed E-state index contributed by atoms with van der Waals surface area (Å²) in [4.78, 5) is 14.9. The molecule has 1 aromatic rings. The van der Waals surface area contributed by atoms with Gasteiger partial charge in [-0.25, -0.2) is 4.39 Å². The largest absolute Gasteiger partial charge is 0.297 e. The maximum absolute atomic E-state index is 12.9. The molecule has 2 nitrogen and oxygen atoms in total. The fourth-order valence-corrected chi connectivity index (χ4v) is 2.81. The van der Waals surface area contributed by atoms with E-state index in [1.165, 1.54) is 37.8 Å². The second-order valence-corrected chi connectivity index (χ2v) is 6.19. The van der Waals surface area contributed by atoms with Crippen LogP contribution in [0.25, 0.3) is 0 Å². The zero-order valence-corrected chi connectivity index (χ0v) is 12.5. The SMILES string of the molecule is CC(C)(C(=O)Cc1ccc(F)cc1)N1CCCCCC1. The third-order valence-electron chi connectivity index (χ3n) is 4.36. The zero-order chi connectivity index (χ0) is 14.6. The number of Topliss-reactive ketones (excluding diaryl/α,β-unsaturated/α-hetero) is 1. The van der Waals surface area contributed by atoms with Gasteiger partial charge in [0.2, 0.25) is 0 Å². The Morgan fingerprint density at radius 3 is 2.20 bits per heavy atom. The lowest BCUT2D eigenvalue weighted by Gasteiger charge is -2.36. The van der Waals surface area contributed by atoms with Crippen molar-refractivity contribution in [2.45, 2.75) is 51.5 Å². The monoisotopic (exact) mass is 277 g/mol. The molecule has 1 saturated heterocycles. The summed E-state index contributed by atoms with van der Waals surface area (Å²) < 4.78 is 12.9. The summed E-state index contributed by atoms with van der Waals surface area (Å²) >= 11 is 0. The van der Waals surface area contributed by atoms with Gasteiger partial charge in [-0.1, -0.05) is 25.0 Å². The van der Waals surface area contributed by atoms with Crippen LogP contribution in [0.4, 0.5) is 4.39 Å². The Morgan fingerprint density at radius 1 is 1.10 bits per heavy atom. The van der Waals surface area contributed by atoms with Gasteiger partial charge in [0.05, 0.1) is 5.54 Å². The highest BCUT2D eigenvalue weighted by molar-refractivity contribution is 5.89. The van der Waals surface area contributed by atoms with Crippen LogP contribution < -0.4 is 0 Å². The summed E-state index contributed by atoms with van der Waals surface area (Å²) in [5.74, 6) is -0.0426. The first-order chi connectivity index (χ1) is 9.50. The molecule has 0 N–H and O–H groups in total. The lowest BCUT2D eigenvalue weighted by Crippen LogP contribution is -2.51. The van der Waals surface area contributed by atoms with Crippen LogP contribution in [0.15, 0.2) is 24.3 Å². The van der Waals surface area contributed by atoms with Gasteiger partial charge in [0.1, 0.15) is 5.82 Å². The van der Waals surface area contributed by atoms with E-state index in [-0.39, 0.29) is 11.6 Å². The van der Waals surface area contributed by atoms with E-state index in [0.29, 0.717) is 6.42 Å². The van der Waals surface area contributed by atoms with E-state index in [0.717, 1.165) is 18.7 Å². The van der Waals surface area contributed by atoms with Crippen molar-refractivity contribution in [2.75, 3.05) is 13.1 Å². The molecule has 0 saturated carbocycles. The third kappa shape index (κ3) is 3.66. The van der Waals surface area contributed by atoms with Gasteiger partial charge in [-0.05, 0) is 57.5 Å². The van der Waals surface area contributed by atoms with E-state index in [1.54, 1.807) is 12.1 Å². The van der Waals surface area contributed by atoms with Crippen molar-refractivity contribution >= 4 is 5.78 Å². The summed E-state index contributed by atoms with van der Waals surface area (Å²) in [5.41, 5.74) is 0.456. The second-order valence-electron chi connectivity index (χ2n) is 6.19. The molecule has 0 aliphatic carbocycles. The maximum atomic E-state index is 12.9. The lowest BCUT2D eigenvalue weighted by atomic mass is 9.91. The minimum Gasteiger partial charge on any atom is -0.297 e. The van der Waals surface area contributed by atoms with Crippen LogP contribution in [0.3, 0.4) is 0 Å². The molecule has 0 radical (unpaired) electrons. The third-order valence-corrected chi connectivity index (χ3v) is 4.36. The van der Waals surface area contributed by atoms with Crippen molar-refractivity contribution in [1.29, 1.82) is 0 Å². The number of nitrogens with zero attached hydrogens (tertiary/aromatic N) is 1. The van der Waals surface area contributed by atoms with Crippen LogP contribution in [-0.2, 0) is 11.2 Å². The molecule has 1 fully saturated rings. The number of carbonyl (C=O) groups is 1. The molecule has 0 spiro atoms. The quantitative estimate of drug-likeness (QED) is 0.838. The summed E-state index contributed by atoms with van der Waals surface area (Å²) in [6.07, 6.45) is 5.25. The normalized spacial score (nSPS) is 17.8. The van der Waals surface area contributed by atoms with E-state index in [1.807, 2.05) is 13.8 Å². The van der Waals surface area contributed by atoms with Gasteiger partial charge in [0.25, 0.3) is 0 Å². The highest BCUT2D eigenvalue weighted by Gasteiger charge is 2.34. The molecular formula is C17H24FNO. The van der Waals surface area contributed by atoms with Crippen molar-refractivity contribution < 1.29 is 9.18 Å². The number of carbonyl (C=O) groups excluding carboxylic acids is 1. The Hall–Kier alpha value is -1.22. The van der Waals surface area contributed by atoms with E-state index in [4.69, 9.17) is 0 Å². The lowest BCUT2D eigenvalue weighted by molar-refractivity contribution is -0.128. The molecule has 110 valence electrons. The first kappa shape index (κ1) is 15.2. The van der Waals surface area contributed by atoms with E-state index < -0.39 is 5.54 Å². The molecule has 1 aromatic carbocycles. The summed E-state index contributed by atoms with van der Waals surface area (Å²) in [6.45, 7) is 6.04. The predicted molar refractivity (Wildman–Crippen MR) is 79.2 cm³/mol. The number of likely N-dealkylation sites (tertiary alicyclic amines) is 1. The molecule has 1 aliphatic heterocycles. The molecule has 0 unspecified atom stereocenters. The van der Waals surface area contributed by atoms with E-state index in [2.05, 4.69) is 4.90 Å². The number of hydrogen-bond acceptors (Lipinski definition) is 2. The van der Waals surface area contributed by atoms with Crippen molar-refractivity contribution in [2.24, 2.45) is 0 Å². The van der Waals surface area contributed by atoms with Crippen LogP contribution in [0, 0.1) is 5.82 Å². The molecule has 3 heteroatoms. The number of halogens is 1. The van der Waals surface area contributed by atoms with Crippen LogP contribution in [0.1, 0.15) is 45.1 Å². The molecule has 0 aromatic heterocycles. The average molecular weight is 277 g/mol. The second kappa shape index (κ2) is 6.49. The molecule has 2 rings (SSSR count). The van der Waals surface area contributed by atoms with Crippen molar-refractivity contribution in [1.82, 2.24) is 4.90 Å². The number of rotatable bonds is 4. The highest BCUT2D eigenvalue weighted by Crippen LogP contribution is 2.22. The van der Waals surface area contributed by atoms with E-state index >= 15 is 0 Å². The van der Waals surface area contributed by atoms with Crippen LogP contribution in [0.2, 0.25) is 0 Å². The highest BCUT2D eigenvalue weighted by atomic mass is 19.1. The number of ketones is 1. The minimum atomic E-state index is -0.432. The van der Waals surface area contributed by atoms with Gasteiger partial charge >= 0.3 is 0 Å².